The zero-order chi connectivity index (χ0) is 14.3. The van der Waals surface area contributed by atoms with Gasteiger partial charge in [-0.05, 0) is 89.6 Å². The van der Waals surface area contributed by atoms with Gasteiger partial charge in [0.15, 0.2) is 0 Å². The average Bonchev–Trinajstić information content (AvgIpc) is 2.37. The van der Waals surface area contributed by atoms with Crippen LogP contribution >= 0.6 is 15.9 Å². The zero-order valence-corrected chi connectivity index (χ0v) is 13.1. The molecule has 3 heteroatoms. The minimum absolute atomic E-state index is 0.322. The first-order valence-corrected chi connectivity index (χ1v) is 6.91. The van der Waals surface area contributed by atoms with E-state index in [9.17, 15) is 10.2 Å². The Morgan fingerprint density at radius 3 is 1.79 bits per heavy atom. The minimum atomic E-state index is 0.322. The molecule has 0 aliphatic heterocycles. The molecular formula is C16H17BrO2. The second-order valence-corrected chi connectivity index (χ2v) is 5.78. The summed E-state index contributed by atoms with van der Waals surface area (Å²) >= 11 is 3.55. The number of aromatic hydroxyl groups is 2. The van der Waals surface area contributed by atoms with E-state index in [-0.39, 0.29) is 0 Å². The Labute approximate surface area is 121 Å². The fourth-order valence-electron chi connectivity index (χ4n) is 2.27. The lowest BCUT2D eigenvalue weighted by Gasteiger charge is -2.14. The van der Waals surface area contributed by atoms with Gasteiger partial charge in [-0.2, -0.15) is 0 Å². The molecule has 2 aromatic carbocycles. The molecule has 0 amide bonds. The number of hydrogen-bond acceptors (Lipinski definition) is 2. The van der Waals surface area contributed by atoms with E-state index in [0.29, 0.717) is 11.5 Å². The molecule has 100 valence electrons. The Morgan fingerprint density at radius 2 is 1.26 bits per heavy atom. The van der Waals surface area contributed by atoms with Crippen molar-refractivity contribution in [1.29, 1.82) is 0 Å². The van der Waals surface area contributed by atoms with E-state index < -0.39 is 0 Å². The second-order valence-electron chi connectivity index (χ2n) is 4.99. The largest absolute Gasteiger partial charge is 0.507 e. The van der Waals surface area contributed by atoms with Gasteiger partial charge in [0.25, 0.3) is 0 Å². The fraction of sp³-hybridized carbons (Fsp3) is 0.250. The van der Waals surface area contributed by atoms with E-state index in [2.05, 4.69) is 15.9 Å². The molecule has 0 aromatic heterocycles. The highest BCUT2D eigenvalue weighted by atomic mass is 79.9. The number of hydrogen-bond donors (Lipinski definition) is 2. The monoisotopic (exact) mass is 320 g/mol. The molecule has 0 heterocycles. The number of phenolic OH excluding ortho intramolecular Hbond substituents is 2. The molecule has 0 spiro atoms. The first kappa shape index (κ1) is 13.9. The molecule has 0 aliphatic rings. The van der Waals surface area contributed by atoms with Gasteiger partial charge in [0.1, 0.15) is 11.5 Å². The molecule has 0 bridgehead atoms. The molecule has 0 atom stereocenters. The van der Waals surface area contributed by atoms with Crippen LogP contribution in [-0.2, 0) is 0 Å². The number of halogens is 1. The Kier molecular flexibility index (Phi) is 3.59. The van der Waals surface area contributed by atoms with Gasteiger partial charge >= 0.3 is 0 Å². The van der Waals surface area contributed by atoms with E-state index in [1.165, 1.54) is 0 Å². The van der Waals surface area contributed by atoms with Crippen molar-refractivity contribution >= 4 is 15.9 Å². The molecule has 0 unspecified atom stereocenters. The van der Waals surface area contributed by atoms with Gasteiger partial charge in [-0.1, -0.05) is 0 Å². The fourth-order valence-corrected chi connectivity index (χ4v) is 2.80. The van der Waals surface area contributed by atoms with Crippen LogP contribution < -0.4 is 0 Å². The predicted octanol–water partition coefficient (Wildman–Crippen LogP) is 4.76. The lowest BCUT2D eigenvalue weighted by molar-refractivity contribution is 0.466. The number of aryl methyl sites for hydroxylation is 3. The molecule has 19 heavy (non-hydrogen) atoms. The van der Waals surface area contributed by atoms with Crippen LogP contribution in [0.2, 0.25) is 0 Å². The first-order chi connectivity index (χ1) is 8.82. The van der Waals surface area contributed by atoms with Crippen LogP contribution in [0, 0.1) is 27.7 Å². The Hall–Kier alpha value is -1.48. The van der Waals surface area contributed by atoms with Crippen molar-refractivity contribution in [2.75, 3.05) is 0 Å². The summed E-state index contributed by atoms with van der Waals surface area (Å²) in [6, 6.07) is 5.87. The summed E-state index contributed by atoms with van der Waals surface area (Å²) in [4.78, 5) is 0. The summed E-state index contributed by atoms with van der Waals surface area (Å²) in [5, 5.41) is 19.8. The maximum absolute atomic E-state index is 9.94. The van der Waals surface area contributed by atoms with Crippen molar-refractivity contribution in [1.82, 2.24) is 0 Å². The number of rotatable bonds is 1. The summed E-state index contributed by atoms with van der Waals surface area (Å²) in [6.45, 7) is 7.55. The topological polar surface area (TPSA) is 40.5 Å². The minimum Gasteiger partial charge on any atom is -0.507 e. The van der Waals surface area contributed by atoms with E-state index >= 15 is 0 Å². The third kappa shape index (κ3) is 2.35. The maximum Gasteiger partial charge on any atom is 0.122 e. The molecule has 0 aliphatic carbocycles. The van der Waals surface area contributed by atoms with Crippen LogP contribution in [0.15, 0.2) is 22.7 Å². The van der Waals surface area contributed by atoms with Crippen molar-refractivity contribution in [2.24, 2.45) is 0 Å². The SMILES string of the molecule is Cc1cc(-c2cc(C)c(O)c(C)c2Br)cc(C)c1O. The summed E-state index contributed by atoms with van der Waals surface area (Å²) in [5.41, 5.74) is 5.44. The highest BCUT2D eigenvalue weighted by molar-refractivity contribution is 9.10. The van der Waals surface area contributed by atoms with Gasteiger partial charge in [0, 0.05) is 10.0 Å². The van der Waals surface area contributed by atoms with Gasteiger partial charge in [0.2, 0.25) is 0 Å². The molecule has 0 radical (unpaired) electrons. The second kappa shape index (κ2) is 4.89. The van der Waals surface area contributed by atoms with Crippen molar-refractivity contribution in [3.05, 3.63) is 44.9 Å². The molecule has 2 rings (SSSR count). The summed E-state index contributed by atoms with van der Waals surface area (Å²) in [6.07, 6.45) is 0. The smallest absolute Gasteiger partial charge is 0.122 e. The van der Waals surface area contributed by atoms with Gasteiger partial charge in [0.05, 0.1) is 0 Å². The quantitative estimate of drug-likeness (QED) is 0.795. The first-order valence-electron chi connectivity index (χ1n) is 6.12. The van der Waals surface area contributed by atoms with Crippen molar-refractivity contribution in [3.8, 4) is 22.6 Å². The summed E-state index contributed by atoms with van der Waals surface area (Å²) < 4.78 is 0.889. The Balaban J connectivity index is 2.73. The Morgan fingerprint density at radius 1 is 0.789 bits per heavy atom. The summed E-state index contributed by atoms with van der Waals surface area (Å²) in [7, 11) is 0. The Bertz CT molecular complexity index is 637. The standard InChI is InChI=1S/C16H17BrO2/c1-8-5-12(6-9(2)15(8)18)13-7-10(3)16(19)11(4)14(13)17/h5-7,18-19H,1-4H3. The third-order valence-electron chi connectivity index (χ3n) is 3.46. The molecule has 2 aromatic rings. The van der Waals surface area contributed by atoms with Gasteiger partial charge < -0.3 is 10.2 Å². The van der Waals surface area contributed by atoms with Crippen LogP contribution in [0.3, 0.4) is 0 Å². The van der Waals surface area contributed by atoms with Crippen molar-refractivity contribution in [3.63, 3.8) is 0 Å². The molecule has 2 N–H and O–H groups in total. The van der Waals surface area contributed by atoms with Gasteiger partial charge in [-0.3, -0.25) is 0 Å². The maximum atomic E-state index is 9.94. The van der Waals surface area contributed by atoms with Crippen LogP contribution in [0.25, 0.3) is 11.1 Å². The highest BCUT2D eigenvalue weighted by Crippen LogP contribution is 2.39. The lowest BCUT2D eigenvalue weighted by atomic mass is 9.96. The molecule has 0 saturated carbocycles. The van der Waals surface area contributed by atoms with Crippen LogP contribution in [0.5, 0.6) is 11.5 Å². The average molecular weight is 321 g/mol. The molecule has 0 fully saturated rings. The zero-order valence-electron chi connectivity index (χ0n) is 11.5. The normalized spacial score (nSPS) is 10.8. The van der Waals surface area contributed by atoms with E-state index in [1.54, 1.807) is 0 Å². The lowest BCUT2D eigenvalue weighted by Crippen LogP contribution is -1.90. The van der Waals surface area contributed by atoms with Crippen LogP contribution in [0.1, 0.15) is 22.3 Å². The highest BCUT2D eigenvalue weighted by Gasteiger charge is 2.13. The van der Waals surface area contributed by atoms with Gasteiger partial charge in [-0.15, -0.1) is 0 Å². The molecular weight excluding hydrogens is 304 g/mol. The third-order valence-corrected chi connectivity index (χ3v) is 4.48. The van der Waals surface area contributed by atoms with E-state index in [1.807, 2.05) is 45.9 Å². The van der Waals surface area contributed by atoms with E-state index in [0.717, 1.165) is 37.9 Å². The molecule has 0 saturated heterocycles. The molecule has 2 nitrogen and oxygen atoms in total. The van der Waals surface area contributed by atoms with Crippen molar-refractivity contribution < 1.29 is 10.2 Å². The number of phenols is 2. The van der Waals surface area contributed by atoms with E-state index in [4.69, 9.17) is 0 Å². The van der Waals surface area contributed by atoms with Crippen LogP contribution in [-0.4, -0.2) is 10.2 Å². The van der Waals surface area contributed by atoms with Crippen LogP contribution in [0.4, 0.5) is 0 Å². The number of benzene rings is 2. The summed E-state index contributed by atoms with van der Waals surface area (Å²) in [5.74, 6) is 0.662. The predicted molar refractivity (Wildman–Crippen MR) is 81.9 cm³/mol. The van der Waals surface area contributed by atoms with Gasteiger partial charge in [-0.25, -0.2) is 0 Å². The van der Waals surface area contributed by atoms with Crippen molar-refractivity contribution in [2.45, 2.75) is 27.7 Å².